The van der Waals surface area contributed by atoms with Gasteiger partial charge in [0.15, 0.2) is 0 Å². The molecule has 0 atom stereocenters. The van der Waals surface area contributed by atoms with E-state index in [1.807, 2.05) is 0 Å². The number of nitro groups is 1. The van der Waals surface area contributed by atoms with E-state index in [1.165, 1.54) is 6.07 Å². The minimum Gasteiger partial charge on any atom is -0.449 e. The minimum absolute atomic E-state index is 0.128. The Morgan fingerprint density at radius 2 is 2.10 bits per heavy atom. The number of nitrogens with two attached hydrogens (primary N) is 1. The quantitative estimate of drug-likeness (QED) is 0.655. The number of para-hydroxylation sites is 1. The Hall–Kier alpha value is -1.63. The summed E-state index contributed by atoms with van der Waals surface area (Å²) in [5.41, 5.74) is 6.17. The molecule has 0 heterocycles. The molecule has 0 aliphatic rings. The van der Waals surface area contributed by atoms with E-state index in [1.54, 1.807) is 30.3 Å². The van der Waals surface area contributed by atoms with E-state index in [0.717, 1.165) is 0 Å². The molecule has 0 fully saturated rings. The molecule has 0 amide bonds. The van der Waals surface area contributed by atoms with Gasteiger partial charge in [0.25, 0.3) is 0 Å². The van der Waals surface area contributed by atoms with Gasteiger partial charge in [-0.2, -0.15) is 0 Å². The second-order valence-electron chi connectivity index (χ2n) is 3.90. The van der Waals surface area contributed by atoms with Gasteiger partial charge in [0.2, 0.25) is 5.75 Å². The van der Waals surface area contributed by atoms with Gasteiger partial charge in [0.1, 0.15) is 5.75 Å². The second-order valence-corrected chi connectivity index (χ2v) is 5.19. The molecular weight excluding hydrogens is 348 g/mol. The Balaban J connectivity index is 2.47. The Labute approximate surface area is 128 Å². The van der Waals surface area contributed by atoms with Crippen LogP contribution in [-0.4, -0.2) is 4.92 Å². The van der Waals surface area contributed by atoms with Crippen LogP contribution < -0.4 is 10.5 Å². The smallest absolute Gasteiger partial charge is 0.312 e. The van der Waals surface area contributed by atoms with Crippen LogP contribution in [-0.2, 0) is 6.54 Å². The van der Waals surface area contributed by atoms with Gasteiger partial charge in [-0.15, -0.1) is 0 Å². The zero-order valence-corrected chi connectivity index (χ0v) is 12.5. The average molecular weight is 358 g/mol. The number of nitrogens with zero attached hydrogens (tertiary/aromatic N) is 1. The molecule has 0 aromatic heterocycles. The third kappa shape index (κ3) is 3.09. The molecule has 0 spiro atoms. The maximum absolute atomic E-state index is 11.0. The molecule has 2 rings (SSSR count). The van der Waals surface area contributed by atoms with Crippen molar-refractivity contribution in [2.75, 3.05) is 0 Å². The lowest BCUT2D eigenvalue weighted by atomic mass is 10.2. The maximum atomic E-state index is 11.0. The monoisotopic (exact) mass is 356 g/mol. The van der Waals surface area contributed by atoms with Gasteiger partial charge in [-0.25, -0.2) is 0 Å². The number of hydrogen-bond acceptors (Lipinski definition) is 4. The number of nitro benzene ring substituents is 1. The number of benzene rings is 2. The summed E-state index contributed by atoms with van der Waals surface area (Å²) in [5.74, 6) is 0.571. The van der Waals surface area contributed by atoms with Crippen molar-refractivity contribution in [1.29, 1.82) is 0 Å². The fourth-order valence-corrected chi connectivity index (χ4v) is 2.29. The average Bonchev–Trinajstić information content (AvgIpc) is 2.42. The van der Waals surface area contributed by atoms with Crippen LogP contribution in [0, 0.1) is 10.1 Å². The van der Waals surface area contributed by atoms with E-state index in [-0.39, 0.29) is 18.0 Å². The van der Waals surface area contributed by atoms with Crippen molar-refractivity contribution in [3.8, 4) is 11.5 Å². The van der Waals surface area contributed by atoms with Gasteiger partial charge in [0.05, 0.1) is 9.40 Å². The van der Waals surface area contributed by atoms with Crippen molar-refractivity contribution in [3.63, 3.8) is 0 Å². The molecule has 0 saturated heterocycles. The Morgan fingerprint density at radius 3 is 2.75 bits per heavy atom. The van der Waals surface area contributed by atoms with Gasteiger partial charge >= 0.3 is 5.69 Å². The highest BCUT2D eigenvalue weighted by Gasteiger charge is 2.19. The predicted octanol–water partition coefficient (Wildman–Crippen LogP) is 4.26. The van der Waals surface area contributed by atoms with Crippen LogP contribution in [0.2, 0.25) is 5.02 Å². The Bertz CT molecular complexity index is 664. The highest BCUT2D eigenvalue weighted by atomic mass is 79.9. The lowest BCUT2D eigenvalue weighted by Gasteiger charge is -2.11. The molecule has 104 valence electrons. The molecule has 0 unspecified atom stereocenters. The summed E-state index contributed by atoms with van der Waals surface area (Å²) in [6, 6.07) is 9.55. The summed E-state index contributed by atoms with van der Waals surface area (Å²) in [4.78, 5) is 10.5. The fourth-order valence-electron chi connectivity index (χ4n) is 1.66. The number of halogens is 2. The largest absolute Gasteiger partial charge is 0.449 e. The van der Waals surface area contributed by atoms with Gasteiger partial charge in [0, 0.05) is 23.2 Å². The van der Waals surface area contributed by atoms with E-state index >= 15 is 0 Å². The van der Waals surface area contributed by atoms with Crippen LogP contribution in [0.4, 0.5) is 5.69 Å². The molecule has 2 aromatic rings. The summed E-state index contributed by atoms with van der Waals surface area (Å²) >= 11 is 9.13. The van der Waals surface area contributed by atoms with Crippen LogP contribution in [0.1, 0.15) is 5.56 Å². The molecule has 0 bridgehead atoms. The van der Waals surface area contributed by atoms with E-state index in [0.29, 0.717) is 20.8 Å². The third-order valence-corrected chi connectivity index (χ3v) is 3.46. The molecular formula is C13H10BrClN2O3. The van der Waals surface area contributed by atoms with Crippen molar-refractivity contribution in [2.45, 2.75) is 6.54 Å². The zero-order valence-electron chi connectivity index (χ0n) is 10.2. The molecule has 0 radical (unpaired) electrons. The lowest BCUT2D eigenvalue weighted by Crippen LogP contribution is -2.01. The van der Waals surface area contributed by atoms with E-state index in [2.05, 4.69) is 15.9 Å². The van der Waals surface area contributed by atoms with Gasteiger partial charge in [-0.1, -0.05) is 17.7 Å². The first-order valence-corrected chi connectivity index (χ1v) is 6.79. The van der Waals surface area contributed by atoms with Crippen molar-refractivity contribution < 1.29 is 9.66 Å². The highest BCUT2D eigenvalue weighted by Crippen LogP contribution is 2.39. The first-order valence-electron chi connectivity index (χ1n) is 5.62. The number of hydrogen-bond donors (Lipinski definition) is 1. The number of ether oxygens (including phenoxy) is 1. The van der Waals surface area contributed by atoms with Gasteiger partial charge in [-0.3, -0.25) is 10.1 Å². The summed E-state index contributed by atoms with van der Waals surface area (Å²) in [5, 5.41) is 11.6. The SMILES string of the molecule is NCc1cc(Cl)ccc1Oc1c(Br)cccc1[N+](=O)[O-]. The first kappa shape index (κ1) is 14.8. The summed E-state index contributed by atoms with van der Waals surface area (Å²) in [7, 11) is 0. The molecule has 0 aliphatic heterocycles. The van der Waals surface area contributed by atoms with Crippen molar-refractivity contribution in [1.82, 2.24) is 0 Å². The molecule has 20 heavy (non-hydrogen) atoms. The lowest BCUT2D eigenvalue weighted by molar-refractivity contribution is -0.385. The fraction of sp³-hybridized carbons (Fsp3) is 0.0769. The second kappa shape index (κ2) is 6.21. The van der Waals surface area contributed by atoms with Crippen LogP contribution in [0.3, 0.4) is 0 Å². The summed E-state index contributed by atoms with van der Waals surface area (Å²) in [6.07, 6.45) is 0. The molecule has 0 saturated carbocycles. The maximum Gasteiger partial charge on any atom is 0.312 e. The molecule has 2 aromatic carbocycles. The standard InChI is InChI=1S/C13H10BrClN2O3/c14-10-2-1-3-11(17(18)19)13(10)20-12-5-4-9(15)6-8(12)7-16/h1-6H,7,16H2. The Morgan fingerprint density at radius 1 is 1.35 bits per heavy atom. The van der Waals surface area contributed by atoms with Crippen molar-refractivity contribution in [3.05, 3.63) is 61.6 Å². The topological polar surface area (TPSA) is 78.4 Å². The van der Waals surface area contributed by atoms with Crippen LogP contribution in [0.15, 0.2) is 40.9 Å². The normalized spacial score (nSPS) is 10.3. The van der Waals surface area contributed by atoms with Crippen molar-refractivity contribution >= 4 is 33.2 Å². The minimum atomic E-state index is -0.502. The summed E-state index contributed by atoms with van der Waals surface area (Å²) < 4.78 is 6.14. The van der Waals surface area contributed by atoms with Gasteiger partial charge < -0.3 is 10.5 Å². The predicted molar refractivity (Wildman–Crippen MR) is 80.2 cm³/mol. The van der Waals surface area contributed by atoms with E-state index in [9.17, 15) is 10.1 Å². The van der Waals surface area contributed by atoms with Crippen LogP contribution in [0.25, 0.3) is 0 Å². The van der Waals surface area contributed by atoms with Crippen molar-refractivity contribution in [2.24, 2.45) is 5.73 Å². The highest BCUT2D eigenvalue weighted by molar-refractivity contribution is 9.10. The summed E-state index contributed by atoms with van der Waals surface area (Å²) in [6.45, 7) is 0.216. The molecule has 7 heteroatoms. The molecule has 5 nitrogen and oxygen atoms in total. The Kier molecular flexibility index (Phi) is 4.59. The molecule has 2 N–H and O–H groups in total. The van der Waals surface area contributed by atoms with E-state index in [4.69, 9.17) is 22.1 Å². The van der Waals surface area contributed by atoms with E-state index < -0.39 is 4.92 Å². The first-order chi connectivity index (χ1) is 9.52. The number of rotatable bonds is 4. The molecule has 0 aliphatic carbocycles. The van der Waals surface area contributed by atoms with Crippen LogP contribution >= 0.6 is 27.5 Å². The zero-order chi connectivity index (χ0) is 14.7. The van der Waals surface area contributed by atoms with Crippen LogP contribution in [0.5, 0.6) is 11.5 Å². The van der Waals surface area contributed by atoms with Gasteiger partial charge in [-0.05, 0) is 40.2 Å². The third-order valence-electron chi connectivity index (χ3n) is 2.60.